The number of ketones is 1. The predicted molar refractivity (Wildman–Crippen MR) is 81.4 cm³/mol. The Morgan fingerprint density at radius 1 is 1.40 bits per heavy atom. The molecule has 2 aromatic rings. The lowest BCUT2D eigenvalue weighted by molar-refractivity contribution is 0.0990. The standard InChI is InChI=1S/C15H17BrN2O2/c1-4-18-12(7-10(2)17-18)9-14(19)11-5-6-15(20-3)13(16)8-11/h5-8H,4,9H2,1-3H3. The molecular weight excluding hydrogens is 320 g/mol. The topological polar surface area (TPSA) is 44.1 Å². The number of halogens is 1. The van der Waals surface area contributed by atoms with E-state index in [0.29, 0.717) is 12.0 Å². The molecule has 20 heavy (non-hydrogen) atoms. The number of aromatic nitrogens is 2. The Labute approximate surface area is 126 Å². The molecule has 0 bridgehead atoms. The number of carbonyl (C=O) groups excluding carboxylic acids is 1. The van der Waals surface area contributed by atoms with E-state index in [0.717, 1.165) is 28.2 Å². The van der Waals surface area contributed by atoms with Gasteiger partial charge in [-0.05, 0) is 54.0 Å². The van der Waals surface area contributed by atoms with Gasteiger partial charge in [0.15, 0.2) is 5.78 Å². The molecule has 0 aliphatic rings. The number of Topliss-reactive ketones (excluding diaryl/α,β-unsaturated/α-hetero) is 1. The summed E-state index contributed by atoms with van der Waals surface area (Å²) in [5, 5.41) is 4.36. The van der Waals surface area contributed by atoms with Crippen LogP contribution in [0.1, 0.15) is 28.7 Å². The van der Waals surface area contributed by atoms with Crippen molar-refractivity contribution in [1.82, 2.24) is 9.78 Å². The van der Waals surface area contributed by atoms with Crippen LogP contribution in [0, 0.1) is 6.92 Å². The highest BCUT2D eigenvalue weighted by molar-refractivity contribution is 9.10. The van der Waals surface area contributed by atoms with E-state index >= 15 is 0 Å². The minimum atomic E-state index is 0.0722. The fourth-order valence-corrected chi connectivity index (χ4v) is 2.66. The lowest BCUT2D eigenvalue weighted by atomic mass is 10.1. The monoisotopic (exact) mass is 336 g/mol. The molecule has 0 saturated heterocycles. The Morgan fingerprint density at radius 3 is 2.75 bits per heavy atom. The molecule has 0 amide bonds. The number of aryl methyl sites for hydroxylation is 2. The summed E-state index contributed by atoms with van der Waals surface area (Å²) in [6.45, 7) is 4.72. The van der Waals surface area contributed by atoms with Gasteiger partial charge < -0.3 is 4.74 Å². The maximum atomic E-state index is 12.3. The van der Waals surface area contributed by atoms with Gasteiger partial charge in [-0.3, -0.25) is 9.48 Å². The zero-order valence-electron chi connectivity index (χ0n) is 11.8. The summed E-state index contributed by atoms with van der Waals surface area (Å²) in [7, 11) is 1.60. The highest BCUT2D eigenvalue weighted by Crippen LogP contribution is 2.26. The molecule has 4 nitrogen and oxygen atoms in total. The molecule has 1 heterocycles. The van der Waals surface area contributed by atoms with Crippen molar-refractivity contribution in [3.63, 3.8) is 0 Å². The van der Waals surface area contributed by atoms with Crippen molar-refractivity contribution >= 4 is 21.7 Å². The lowest BCUT2D eigenvalue weighted by Crippen LogP contribution is -2.09. The van der Waals surface area contributed by atoms with E-state index in [1.165, 1.54) is 0 Å². The van der Waals surface area contributed by atoms with Crippen molar-refractivity contribution in [3.8, 4) is 5.75 Å². The smallest absolute Gasteiger partial charge is 0.168 e. The molecule has 0 fully saturated rings. The quantitative estimate of drug-likeness (QED) is 0.786. The third kappa shape index (κ3) is 3.10. The van der Waals surface area contributed by atoms with Gasteiger partial charge in [-0.1, -0.05) is 0 Å². The van der Waals surface area contributed by atoms with Crippen molar-refractivity contribution in [3.05, 3.63) is 45.7 Å². The summed E-state index contributed by atoms with van der Waals surface area (Å²) in [5.41, 5.74) is 2.55. The Morgan fingerprint density at radius 2 is 2.15 bits per heavy atom. The average Bonchev–Trinajstić information content (AvgIpc) is 2.78. The largest absolute Gasteiger partial charge is 0.496 e. The molecule has 0 N–H and O–H groups in total. The maximum absolute atomic E-state index is 12.3. The number of rotatable bonds is 5. The SMILES string of the molecule is CCn1nc(C)cc1CC(=O)c1ccc(OC)c(Br)c1. The van der Waals surface area contributed by atoms with Crippen LogP contribution in [0.4, 0.5) is 0 Å². The van der Waals surface area contributed by atoms with Crippen molar-refractivity contribution < 1.29 is 9.53 Å². The van der Waals surface area contributed by atoms with Gasteiger partial charge in [-0.15, -0.1) is 0 Å². The van der Waals surface area contributed by atoms with E-state index in [-0.39, 0.29) is 5.78 Å². The molecule has 0 spiro atoms. The third-order valence-electron chi connectivity index (χ3n) is 3.10. The highest BCUT2D eigenvalue weighted by atomic mass is 79.9. The molecule has 1 aromatic carbocycles. The molecule has 1 aromatic heterocycles. The van der Waals surface area contributed by atoms with Crippen molar-refractivity contribution in [2.75, 3.05) is 7.11 Å². The highest BCUT2D eigenvalue weighted by Gasteiger charge is 2.13. The first kappa shape index (κ1) is 14.8. The summed E-state index contributed by atoms with van der Waals surface area (Å²) in [6, 6.07) is 7.33. The number of carbonyl (C=O) groups is 1. The molecule has 106 valence electrons. The number of benzene rings is 1. The van der Waals surface area contributed by atoms with Crippen LogP contribution in [0.5, 0.6) is 5.75 Å². The van der Waals surface area contributed by atoms with Crippen molar-refractivity contribution in [2.24, 2.45) is 0 Å². The van der Waals surface area contributed by atoms with E-state index in [2.05, 4.69) is 21.0 Å². The van der Waals surface area contributed by atoms with Crippen molar-refractivity contribution in [1.29, 1.82) is 0 Å². The van der Waals surface area contributed by atoms with Crippen LogP contribution in [0.25, 0.3) is 0 Å². The average molecular weight is 337 g/mol. The van der Waals surface area contributed by atoms with Crippen LogP contribution in [0.2, 0.25) is 0 Å². The molecule has 0 unspecified atom stereocenters. The zero-order chi connectivity index (χ0) is 14.7. The zero-order valence-corrected chi connectivity index (χ0v) is 13.4. The summed E-state index contributed by atoms with van der Waals surface area (Å²) < 4.78 is 7.82. The molecule has 2 rings (SSSR count). The number of hydrogen-bond donors (Lipinski definition) is 0. The van der Waals surface area contributed by atoms with Crippen molar-refractivity contribution in [2.45, 2.75) is 26.8 Å². The summed E-state index contributed by atoms with van der Waals surface area (Å²) >= 11 is 3.40. The second kappa shape index (κ2) is 6.22. The number of ether oxygens (including phenoxy) is 1. The summed E-state index contributed by atoms with van der Waals surface area (Å²) in [4.78, 5) is 12.3. The Hall–Kier alpha value is -1.62. The molecule has 0 saturated carbocycles. The van der Waals surface area contributed by atoms with Crippen LogP contribution in [-0.2, 0) is 13.0 Å². The first-order valence-corrected chi connectivity index (χ1v) is 7.24. The molecule has 0 atom stereocenters. The van der Waals surface area contributed by atoms with E-state index in [4.69, 9.17) is 4.74 Å². The normalized spacial score (nSPS) is 10.6. The van der Waals surface area contributed by atoms with Crippen LogP contribution in [0.3, 0.4) is 0 Å². The van der Waals surface area contributed by atoms with Crippen LogP contribution in [-0.4, -0.2) is 22.7 Å². The Kier molecular flexibility index (Phi) is 4.60. The van der Waals surface area contributed by atoms with Gasteiger partial charge in [0.1, 0.15) is 5.75 Å². The number of nitrogens with zero attached hydrogens (tertiary/aromatic N) is 2. The summed E-state index contributed by atoms with van der Waals surface area (Å²) in [5.74, 6) is 0.791. The van der Waals surface area contributed by atoms with E-state index < -0.39 is 0 Å². The van der Waals surface area contributed by atoms with Crippen LogP contribution in [0.15, 0.2) is 28.7 Å². The Balaban J connectivity index is 2.21. The Bertz CT molecular complexity index is 635. The molecule has 0 radical (unpaired) electrons. The van der Waals surface area contributed by atoms with Gasteiger partial charge in [0.25, 0.3) is 0 Å². The third-order valence-corrected chi connectivity index (χ3v) is 3.72. The number of methoxy groups -OCH3 is 1. The van der Waals surface area contributed by atoms with Crippen LogP contribution >= 0.6 is 15.9 Å². The molecular formula is C15H17BrN2O2. The van der Waals surface area contributed by atoms with Gasteiger partial charge >= 0.3 is 0 Å². The summed E-state index contributed by atoms with van der Waals surface area (Å²) in [6.07, 6.45) is 0.355. The molecule has 0 aliphatic heterocycles. The van der Waals surface area contributed by atoms with Gasteiger partial charge in [-0.2, -0.15) is 5.10 Å². The second-order valence-electron chi connectivity index (χ2n) is 4.54. The van der Waals surface area contributed by atoms with E-state index in [1.807, 2.05) is 24.6 Å². The van der Waals surface area contributed by atoms with Gasteiger partial charge in [0.2, 0.25) is 0 Å². The molecule has 0 aliphatic carbocycles. The second-order valence-corrected chi connectivity index (χ2v) is 5.40. The maximum Gasteiger partial charge on any atom is 0.168 e. The minimum absolute atomic E-state index is 0.0722. The van der Waals surface area contributed by atoms with Crippen LogP contribution < -0.4 is 4.74 Å². The fourth-order valence-electron chi connectivity index (χ4n) is 2.12. The fraction of sp³-hybridized carbons (Fsp3) is 0.333. The number of hydrogen-bond acceptors (Lipinski definition) is 3. The van der Waals surface area contributed by atoms with Gasteiger partial charge in [0, 0.05) is 17.8 Å². The first-order chi connectivity index (χ1) is 9.55. The van der Waals surface area contributed by atoms with Gasteiger partial charge in [-0.25, -0.2) is 0 Å². The minimum Gasteiger partial charge on any atom is -0.496 e. The predicted octanol–water partition coefficient (Wildman–Crippen LogP) is 3.41. The van der Waals surface area contributed by atoms with E-state index in [1.54, 1.807) is 25.3 Å². The lowest BCUT2D eigenvalue weighted by Gasteiger charge is -2.07. The first-order valence-electron chi connectivity index (χ1n) is 6.45. The van der Waals surface area contributed by atoms with E-state index in [9.17, 15) is 4.79 Å². The van der Waals surface area contributed by atoms with Gasteiger partial charge in [0.05, 0.1) is 23.7 Å². The molecule has 5 heteroatoms.